The highest BCUT2D eigenvalue weighted by molar-refractivity contribution is 9.11. The van der Waals surface area contributed by atoms with Crippen molar-refractivity contribution in [1.29, 1.82) is 0 Å². The summed E-state index contributed by atoms with van der Waals surface area (Å²) in [5.74, 6) is -0.369. The fraction of sp³-hybridized carbons (Fsp3) is 0.182. The molecule has 2 heterocycles. The number of hydrogen-bond donors (Lipinski definition) is 2. The molecule has 6 heteroatoms. The number of primary amides is 1. The van der Waals surface area contributed by atoms with Crippen LogP contribution in [0.3, 0.4) is 0 Å². The zero-order chi connectivity index (χ0) is 12.4. The van der Waals surface area contributed by atoms with Gasteiger partial charge in [0.05, 0.1) is 3.79 Å². The predicted octanol–water partition coefficient (Wildman–Crippen LogP) is 3.11. The van der Waals surface area contributed by atoms with Gasteiger partial charge in [-0.15, -0.1) is 22.7 Å². The zero-order valence-electron chi connectivity index (χ0n) is 8.85. The number of nitrogens with two attached hydrogens (primary N) is 2. The molecule has 90 valence electrons. The van der Waals surface area contributed by atoms with Gasteiger partial charge >= 0.3 is 0 Å². The van der Waals surface area contributed by atoms with Gasteiger partial charge in [0, 0.05) is 27.1 Å². The van der Waals surface area contributed by atoms with Gasteiger partial charge in [-0.1, -0.05) is 0 Å². The van der Waals surface area contributed by atoms with E-state index in [0.29, 0.717) is 0 Å². The van der Waals surface area contributed by atoms with Crippen LogP contribution in [-0.4, -0.2) is 5.91 Å². The van der Waals surface area contributed by atoms with E-state index in [-0.39, 0.29) is 18.4 Å². The molecule has 0 fully saturated rings. The summed E-state index contributed by atoms with van der Waals surface area (Å²) in [4.78, 5) is 14.2. The monoisotopic (exact) mass is 330 g/mol. The summed E-state index contributed by atoms with van der Waals surface area (Å²) in [7, 11) is 0. The molecule has 0 spiro atoms. The van der Waals surface area contributed by atoms with Crippen molar-refractivity contribution in [2.75, 3.05) is 0 Å². The Labute approximate surface area is 116 Å². The molecule has 1 unspecified atom stereocenters. The third-order valence-corrected chi connectivity index (χ3v) is 5.27. The largest absolute Gasteiger partial charge is 0.370 e. The third-order valence-electron chi connectivity index (χ3n) is 2.23. The normalized spacial score (nSPS) is 12.6. The van der Waals surface area contributed by atoms with Crippen molar-refractivity contribution < 1.29 is 4.79 Å². The number of hydrogen-bond acceptors (Lipinski definition) is 4. The van der Waals surface area contributed by atoms with Crippen molar-refractivity contribution in [3.05, 3.63) is 32.9 Å². The first kappa shape index (κ1) is 12.8. The second kappa shape index (κ2) is 5.30. The predicted molar refractivity (Wildman–Crippen MR) is 76.1 cm³/mol. The number of carbonyl (C=O) groups is 1. The second-order valence-corrected chi connectivity index (χ2v) is 7.16. The van der Waals surface area contributed by atoms with Gasteiger partial charge in [-0.3, -0.25) is 4.79 Å². The lowest BCUT2D eigenvalue weighted by Gasteiger charge is -2.05. The van der Waals surface area contributed by atoms with Gasteiger partial charge in [0.15, 0.2) is 0 Å². The summed E-state index contributed by atoms with van der Waals surface area (Å²) in [6.45, 7) is 0. The van der Waals surface area contributed by atoms with Gasteiger partial charge in [-0.05, 0) is 40.2 Å². The molecule has 2 aromatic heterocycles. The highest BCUT2D eigenvalue weighted by Gasteiger charge is 2.13. The minimum Gasteiger partial charge on any atom is -0.370 e. The maximum Gasteiger partial charge on any atom is 0.219 e. The van der Waals surface area contributed by atoms with E-state index in [2.05, 4.69) is 22.0 Å². The molecule has 2 rings (SSSR count). The van der Waals surface area contributed by atoms with Gasteiger partial charge in [0.25, 0.3) is 0 Å². The molecule has 0 saturated carbocycles. The number of thiophene rings is 2. The lowest BCUT2D eigenvalue weighted by molar-refractivity contribution is -0.118. The van der Waals surface area contributed by atoms with E-state index in [9.17, 15) is 4.79 Å². The first-order valence-corrected chi connectivity index (χ1v) is 7.38. The summed E-state index contributed by atoms with van der Waals surface area (Å²) < 4.78 is 1.10. The van der Waals surface area contributed by atoms with Gasteiger partial charge in [0.2, 0.25) is 5.91 Å². The molecular formula is C11H11BrN2OS2. The summed E-state index contributed by atoms with van der Waals surface area (Å²) in [5.41, 5.74) is 11.0. The molecule has 0 aliphatic rings. The molecule has 1 amide bonds. The van der Waals surface area contributed by atoms with Crippen molar-refractivity contribution in [1.82, 2.24) is 0 Å². The Balaban J connectivity index is 2.18. The molecule has 0 aromatic carbocycles. The van der Waals surface area contributed by atoms with Gasteiger partial charge < -0.3 is 11.5 Å². The van der Waals surface area contributed by atoms with E-state index >= 15 is 0 Å². The fourth-order valence-electron chi connectivity index (χ4n) is 1.45. The highest BCUT2D eigenvalue weighted by Crippen LogP contribution is 2.37. The smallest absolute Gasteiger partial charge is 0.219 e. The Morgan fingerprint density at radius 2 is 1.88 bits per heavy atom. The molecule has 2 aromatic rings. The Hall–Kier alpha value is -0.690. The van der Waals surface area contributed by atoms with Crippen molar-refractivity contribution in [3.63, 3.8) is 0 Å². The number of rotatable bonds is 4. The standard InChI is InChI=1S/C11H11BrN2OS2/c12-10-4-3-9(17-10)8-2-1-7(16-8)6(13)5-11(14)15/h1-4,6H,5,13H2,(H2,14,15). The van der Waals surface area contributed by atoms with E-state index in [4.69, 9.17) is 11.5 Å². The summed E-state index contributed by atoms with van der Waals surface area (Å²) in [6.07, 6.45) is 0.189. The van der Waals surface area contributed by atoms with Crippen molar-refractivity contribution in [2.45, 2.75) is 12.5 Å². The SMILES string of the molecule is NC(=O)CC(N)c1ccc(-c2ccc(Br)s2)s1. The van der Waals surface area contributed by atoms with E-state index in [1.165, 1.54) is 4.88 Å². The molecule has 3 nitrogen and oxygen atoms in total. The van der Waals surface area contributed by atoms with E-state index in [1.54, 1.807) is 22.7 Å². The molecule has 1 atom stereocenters. The van der Waals surface area contributed by atoms with Crippen molar-refractivity contribution >= 4 is 44.5 Å². The second-order valence-electron chi connectivity index (χ2n) is 3.58. The van der Waals surface area contributed by atoms with Crippen LogP contribution in [0.15, 0.2) is 28.1 Å². The van der Waals surface area contributed by atoms with Crippen LogP contribution in [0.25, 0.3) is 9.75 Å². The van der Waals surface area contributed by atoms with Crippen LogP contribution < -0.4 is 11.5 Å². The van der Waals surface area contributed by atoms with Crippen LogP contribution >= 0.6 is 38.6 Å². The lowest BCUT2D eigenvalue weighted by atomic mass is 10.2. The maximum absolute atomic E-state index is 10.8. The van der Waals surface area contributed by atoms with Crippen molar-refractivity contribution in [2.24, 2.45) is 11.5 Å². The summed E-state index contributed by atoms with van der Waals surface area (Å²) in [5, 5.41) is 0. The number of amides is 1. The molecule has 0 radical (unpaired) electrons. The third kappa shape index (κ3) is 3.16. The lowest BCUT2D eigenvalue weighted by Crippen LogP contribution is -2.19. The molecule has 0 aliphatic carbocycles. The molecule has 17 heavy (non-hydrogen) atoms. The van der Waals surface area contributed by atoms with E-state index in [0.717, 1.165) is 13.5 Å². The van der Waals surface area contributed by atoms with Crippen LogP contribution in [0.5, 0.6) is 0 Å². The quantitative estimate of drug-likeness (QED) is 0.904. The minimum atomic E-state index is -0.369. The maximum atomic E-state index is 10.8. The first-order valence-electron chi connectivity index (χ1n) is 4.95. The molecular weight excluding hydrogens is 320 g/mol. The Morgan fingerprint density at radius 3 is 2.47 bits per heavy atom. The topological polar surface area (TPSA) is 69.1 Å². The Bertz CT molecular complexity index is 535. The van der Waals surface area contributed by atoms with Crippen LogP contribution in [-0.2, 0) is 4.79 Å². The molecule has 4 N–H and O–H groups in total. The summed E-state index contributed by atoms with van der Waals surface area (Å²) >= 11 is 6.72. The van der Waals surface area contributed by atoms with Crippen LogP contribution in [0.2, 0.25) is 0 Å². The van der Waals surface area contributed by atoms with Gasteiger partial charge in [-0.2, -0.15) is 0 Å². The van der Waals surface area contributed by atoms with Gasteiger partial charge in [-0.25, -0.2) is 0 Å². The Morgan fingerprint density at radius 1 is 1.24 bits per heavy atom. The van der Waals surface area contributed by atoms with Crippen molar-refractivity contribution in [3.8, 4) is 9.75 Å². The molecule has 0 bridgehead atoms. The number of halogens is 1. The number of carbonyl (C=O) groups excluding carboxylic acids is 1. The van der Waals surface area contributed by atoms with Crippen LogP contribution in [0, 0.1) is 0 Å². The fourth-order valence-corrected chi connectivity index (χ4v) is 3.93. The van der Waals surface area contributed by atoms with E-state index in [1.807, 2.05) is 18.2 Å². The van der Waals surface area contributed by atoms with Crippen LogP contribution in [0.4, 0.5) is 0 Å². The zero-order valence-corrected chi connectivity index (χ0v) is 12.1. The molecule has 0 aliphatic heterocycles. The first-order chi connectivity index (χ1) is 8.06. The molecule has 0 saturated heterocycles. The van der Waals surface area contributed by atoms with E-state index < -0.39 is 0 Å². The average molecular weight is 331 g/mol. The van der Waals surface area contributed by atoms with Crippen LogP contribution in [0.1, 0.15) is 17.3 Å². The van der Waals surface area contributed by atoms with Gasteiger partial charge in [0.1, 0.15) is 0 Å². The summed E-state index contributed by atoms with van der Waals surface area (Å²) in [6, 6.07) is 7.77. The Kier molecular flexibility index (Phi) is 3.98. The minimum absolute atomic E-state index is 0.189. The average Bonchev–Trinajstić information content (AvgIpc) is 2.84. The highest BCUT2D eigenvalue weighted by atomic mass is 79.9.